The summed E-state index contributed by atoms with van der Waals surface area (Å²) < 4.78 is 10.0. The molecular weight excluding hydrogens is 246 g/mol. The van der Waals surface area contributed by atoms with Gasteiger partial charge in [0.05, 0.1) is 7.11 Å². The van der Waals surface area contributed by atoms with Crippen molar-refractivity contribution in [3.63, 3.8) is 0 Å². The van der Waals surface area contributed by atoms with Gasteiger partial charge in [-0.2, -0.15) is 0 Å². The van der Waals surface area contributed by atoms with Crippen LogP contribution in [0.2, 0.25) is 0 Å². The van der Waals surface area contributed by atoms with E-state index in [4.69, 9.17) is 4.74 Å². The third kappa shape index (κ3) is 5.94. The van der Waals surface area contributed by atoms with Crippen LogP contribution in [-0.2, 0) is 14.3 Å². The van der Waals surface area contributed by atoms with Crippen LogP contribution < -0.4 is 0 Å². The minimum absolute atomic E-state index is 0. The van der Waals surface area contributed by atoms with Gasteiger partial charge in [0.2, 0.25) is 0 Å². The fourth-order valence-corrected chi connectivity index (χ4v) is 1.59. The lowest BCUT2D eigenvalue weighted by Gasteiger charge is -2.30. The largest absolute Gasteiger partial charge is 0.467 e. The monoisotopic (exact) mass is 273 g/mol. The Balaban J connectivity index is 0.00000324. The van der Waals surface area contributed by atoms with Crippen LogP contribution in [0.4, 0.5) is 4.79 Å². The van der Waals surface area contributed by atoms with Crippen molar-refractivity contribution in [2.24, 2.45) is 5.92 Å². The number of carbonyl (C=O) groups excluding carboxylic acids is 2. The zero-order valence-corrected chi connectivity index (χ0v) is 11.9. The Labute approximate surface area is 116 Å². The Hall–Kier alpha value is -1.26. The molecule has 0 aromatic heterocycles. The molecule has 1 amide bonds. The van der Waals surface area contributed by atoms with Crippen LogP contribution in [-0.4, -0.2) is 42.3 Å². The summed E-state index contributed by atoms with van der Waals surface area (Å²) in [5, 5.41) is 0. The van der Waals surface area contributed by atoms with Gasteiger partial charge >= 0.3 is 12.1 Å². The van der Waals surface area contributed by atoms with E-state index in [9.17, 15) is 9.59 Å². The highest BCUT2D eigenvalue weighted by molar-refractivity contribution is 5.81. The van der Waals surface area contributed by atoms with Crippen LogP contribution in [0.25, 0.3) is 0 Å². The van der Waals surface area contributed by atoms with Gasteiger partial charge in [-0.05, 0) is 46.5 Å². The molecule has 0 aliphatic heterocycles. The molecule has 112 valence electrons. The molecule has 1 fully saturated rings. The summed E-state index contributed by atoms with van der Waals surface area (Å²) in [6, 6.07) is -0.606. The second-order valence-corrected chi connectivity index (χ2v) is 5.78. The summed E-state index contributed by atoms with van der Waals surface area (Å²) in [5.41, 5.74) is -0.561. The zero-order valence-electron chi connectivity index (χ0n) is 11.9. The molecule has 1 rings (SSSR count). The van der Waals surface area contributed by atoms with Crippen LogP contribution >= 0.6 is 0 Å². The Morgan fingerprint density at radius 2 is 1.84 bits per heavy atom. The van der Waals surface area contributed by atoms with E-state index in [-0.39, 0.29) is 7.43 Å². The van der Waals surface area contributed by atoms with E-state index in [1.54, 1.807) is 6.92 Å². The predicted molar refractivity (Wildman–Crippen MR) is 73.9 cm³/mol. The minimum atomic E-state index is -0.606. The molecule has 1 atom stereocenters. The quantitative estimate of drug-likeness (QED) is 0.739. The van der Waals surface area contributed by atoms with Crippen molar-refractivity contribution in [2.45, 2.75) is 59.6 Å². The third-order valence-corrected chi connectivity index (χ3v) is 2.79. The minimum Gasteiger partial charge on any atom is -0.467 e. The van der Waals surface area contributed by atoms with Gasteiger partial charge in [-0.1, -0.05) is 7.43 Å². The molecule has 1 aliphatic carbocycles. The van der Waals surface area contributed by atoms with E-state index in [2.05, 4.69) is 4.74 Å². The van der Waals surface area contributed by atoms with Gasteiger partial charge < -0.3 is 9.47 Å². The molecule has 5 heteroatoms. The highest BCUT2D eigenvalue weighted by atomic mass is 16.6. The van der Waals surface area contributed by atoms with Crippen molar-refractivity contribution in [1.29, 1.82) is 0 Å². The topological polar surface area (TPSA) is 55.8 Å². The highest BCUT2D eigenvalue weighted by Gasteiger charge is 2.35. The number of rotatable bonds is 4. The van der Waals surface area contributed by atoms with Gasteiger partial charge in [-0.3, -0.25) is 4.90 Å². The van der Waals surface area contributed by atoms with Crippen molar-refractivity contribution in [3.05, 3.63) is 0 Å². The standard InChI is InChI=1S/C13H23NO4.CH4/c1-9(11(15)17-5)14(8-10-6-7-10)12(16)18-13(2,3)4;/h9-10H,6-8H2,1-5H3;1H4/t9-;/m0./s1. The molecule has 0 unspecified atom stereocenters. The molecule has 0 aromatic rings. The number of nitrogens with zero attached hydrogens (tertiary/aromatic N) is 1. The number of ether oxygens (including phenoxy) is 2. The van der Waals surface area contributed by atoms with Crippen LogP contribution in [0.3, 0.4) is 0 Å². The first kappa shape index (κ1) is 17.7. The Morgan fingerprint density at radius 3 is 2.21 bits per heavy atom. The molecule has 0 heterocycles. The molecular formula is C14H27NO4. The molecule has 0 saturated heterocycles. The van der Waals surface area contributed by atoms with Crippen LogP contribution in [0.5, 0.6) is 0 Å². The molecule has 1 aliphatic rings. The summed E-state index contributed by atoms with van der Waals surface area (Å²) in [6.45, 7) is 7.65. The van der Waals surface area contributed by atoms with E-state index in [1.165, 1.54) is 12.0 Å². The fraction of sp³-hybridized carbons (Fsp3) is 0.857. The van der Waals surface area contributed by atoms with Gasteiger partial charge in [0.1, 0.15) is 11.6 Å². The molecule has 0 N–H and O–H groups in total. The Bertz CT molecular complexity index is 318. The summed E-state index contributed by atoms with van der Waals surface area (Å²) in [5.74, 6) is 0.0751. The van der Waals surface area contributed by atoms with Crippen molar-refractivity contribution in [2.75, 3.05) is 13.7 Å². The number of amides is 1. The van der Waals surface area contributed by atoms with E-state index >= 15 is 0 Å². The Morgan fingerprint density at radius 1 is 1.32 bits per heavy atom. The third-order valence-electron chi connectivity index (χ3n) is 2.79. The smallest absolute Gasteiger partial charge is 0.411 e. The average Bonchev–Trinajstić information content (AvgIpc) is 3.05. The summed E-state index contributed by atoms with van der Waals surface area (Å²) >= 11 is 0. The molecule has 0 aromatic carbocycles. The highest BCUT2D eigenvalue weighted by Crippen LogP contribution is 2.31. The second kappa shape index (κ2) is 6.78. The number of esters is 1. The molecule has 0 radical (unpaired) electrons. The molecule has 1 saturated carbocycles. The van der Waals surface area contributed by atoms with E-state index in [0.717, 1.165) is 12.8 Å². The molecule has 0 spiro atoms. The van der Waals surface area contributed by atoms with Gasteiger partial charge in [-0.25, -0.2) is 9.59 Å². The predicted octanol–water partition coefficient (Wildman–Crippen LogP) is 2.83. The number of hydrogen-bond donors (Lipinski definition) is 0. The molecule has 0 bridgehead atoms. The maximum atomic E-state index is 12.1. The van der Waals surface area contributed by atoms with Crippen LogP contribution in [0.15, 0.2) is 0 Å². The lowest BCUT2D eigenvalue weighted by Crippen LogP contribution is -2.47. The summed E-state index contributed by atoms with van der Waals surface area (Å²) in [7, 11) is 1.32. The summed E-state index contributed by atoms with van der Waals surface area (Å²) in [4.78, 5) is 25.1. The Kier molecular flexibility index (Phi) is 6.33. The van der Waals surface area contributed by atoms with Crippen molar-refractivity contribution < 1.29 is 19.1 Å². The van der Waals surface area contributed by atoms with Crippen molar-refractivity contribution in [1.82, 2.24) is 4.90 Å². The normalized spacial score (nSPS) is 16.1. The molecule has 19 heavy (non-hydrogen) atoms. The average molecular weight is 273 g/mol. The first-order chi connectivity index (χ1) is 8.24. The van der Waals surface area contributed by atoms with E-state index in [1.807, 2.05) is 20.8 Å². The maximum Gasteiger partial charge on any atom is 0.411 e. The SMILES string of the molecule is C.COC(=O)[C@H](C)N(CC1CC1)C(=O)OC(C)(C)C. The number of carbonyl (C=O) groups is 2. The molecule has 5 nitrogen and oxygen atoms in total. The lowest BCUT2D eigenvalue weighted by molar-refractivity contribution is -0.146. The first-order valence-corrected chi connectivity index (χ1v) is 6.32. The van der Waals surface area contributed by atoms with Gasteiger partial charge in [0, 0.05) is 6.54 Å². The van der Waals surface area contributed by atoms with Crippen LogP contribution in [0, 0.1) is 5.92 Å². The first-order valence-electron chi connectivity index (χ1n) is 6.32. The van der Waals surface area contributed by atoms with Crippen LogP contribution in [0.1, 0.15) is 48.0 Å². The fourth-order valence-electron chi connectivity index (χ4n) is 1.59. The maximum absolute atomic E-state index is 12.1. The second-order valence-electron chi connectivity index (χ2n) is 5.78. The number of hydrogen-bond acceptors (Lipinski definition) is 4. The number of methoxy groups -OCH3 is 1. The lowest BCUT2D eigenvalue weighted by atomic mass is 10.2. The van der Waals surface area contributed by atoms with E-state index < -0.39 is 23.7 Å². The van der Waals surface area contributed by atoms with Gasteiger partial charge in [0.15, 0.2) is 0 Å². The van der Waals surface area contributed by atoms with E-state index in [0.29, 0.717) is 12.5 Å². The zero-order chi connectivity index (χ0) is 13.9. The van der Waals surface area contributed by atoms with Crippen molar-refractivity contribution in [3.8, 4) is 0 Å². The van der Waals surface area contributed by atoms with Crippen molar-refractivity contribution >= 4 is 12.1 Å². The van der Waals surface area contributed by atoms with Gasteiger partial charge in [0.25, 0.3) is 0 Å². The van der Waals surface area contributed by atoms with Gasteiger partial charge in [-0.15, -0.1) is 0 Å². The summed E-state index contributed by atoms with van der Waals surface area (Å²) in [6.07, 6.45) is 1.76.